The molecular weight excluding hydrogens is 368 g/mol. The highest BCUT2D eigenvalue weighted by atomic mass is 79.9. The lowest BCUT2D eigenvalue weighted by molar-refractivity contribution is -0.127. The van der Waals surface area contributed by atoms with Crippen LogP contribution in [-0.2, 0) is 16.1 Å². The number of hydrogen-bond donors (Lipinski definition) is 2. The first-order chi connectivity index (χ1) is 11.5. The Hall–Kier alpha value is -1.36. The van der Waals surface area contributed by atoms with Gasteiger partial charge in [-0.25, -0.2) is 0 Å². The minimum atomic E-state index is -0.0878. The molecule has 1 aliphatic rings. The first-order valence-corrected chi connectivity index (χ1v) is 9.55. The van der Waals surface area contributed by atoms with Gasteiger partial charge in [0.2, 0.25) is 11.8 Å². The lowest BCUT2D eigenvalue weighted by Crippen LogP contribution is -2.43. The van der Waals surface area contributed by atoms with Crippen molar-refractivity contribution in [2.45, 2.75) is 58.5 Å². The Morgan fingerprint density at radius 1 is 1.17 bits per heavy atom. The van der Waals surface area contributed by atoms with E-state index in [1.807, 2.05) is 24.3 Å². The van der Waals surface area contributed by atoms with Gasteiger partial charge in [0.25, 0.3) is 0 Å². The summed E-state index contributed by atoms with van der Waals surface area (Å²) in [5, 5.41) is 5.97. The molecule has 3 atom stereocenters. The van der Waals surface area contributed by atoms with Gasteiger partial charge in [-0.15, -0.1) is 0 Å². The third-order valence-electron chi connectivity index (χ3n) is 5.01. The Morgan fingerprint density at radius 3 is 2.67 bits per heavy atom. The number of amides is 2. The highest BCUT2D eigenvalue weighted by molar-refractivity contribution is 9.10. The Balaban J connectivity index is 1.68. The largest absolute Gasteiger partial charge is 0.353 e. The van der Waals surface area contributed by atoms with Crippen molar-refractivity contribution in [3.05, 3.63) is 34.3 Å². The Kier molecular flexibility index (Phi) is 7.28. The van der Waals surface area contributed by atoms with Crippen molar-refractivity contribution in [2.24, 2.45) is 11.8 Å². The fraction of sp³-hybridized carbons (Fsp3) is 0.579. The quantitative estimate of drug-likeness (QED) is 0.770. The average molecular weight is 395 g/mol. The zero-order valence-electron chi connectivity index (χ0n) is 14.5. The van der Waals surface area contributed by atoms with Crippen LogP contribution in [0.25, 0.3) is 0 Å². The summed E-state index contributed by atoms with van der Waals surface area (Å²) in [5.74, 6) is 1.05. The molecule has 5 heteroatoms. The van der Waals surface area contributed by atoms with Gasteiger partial charge in [-0.1, -0.05) is 54.8 Å². The van der Waals surface area contributed by atoms with E-state index in [1.165, 1.54) is 12.8 Å². The standard InChI is InChI=1S/C19H27BrN2O2/c1-13-5-3-8-17(14(13)2)22-19(24)10-9-18(23)21-12-15-6-4-7-16(20)11-15/h4,6-7,11,13-14,17H,3,5,8-10,12H2,1-2H3,(H,21,23)(H,22,24)/t13-,14+,17-/m1/s1. The topological polar surface area (TPSA) is 58.2 Å². The summed E-state index contributed by atoms with van der Waals surface area (Å²) < 4.78 is 0.990. The average Bonchev–Trinajstić information content (AvgIpc) is 2.55. The summed E-state index contributed by atoms with van der Waals surface area (Å²) in [6, 6.07) is 8.07. The van der Waals surface area contributed by atoms with Crippen LogP contribution >= 0.6 is 15.9 Å². The molecular formula is C19H27BrN2O2. The molecule has 1 aliphatic carbocycles. The highest BCUT2D eigenvalue weighted by Crippen LogP contribution is 2.29. The normalized spacial score (nSPS) is 23.5. The zero-order chi connectivity index (χ0) is 17.5. The van der Waals surface area contributed by atoms with Gasteiger partial charge in [0.15, 0.2) is 0 Å². The smallest absolute Gasteiger partial charge is 0.220 e. The summed E-state index contributed by atoms with van der Waals surface area (Å²) in [6.45, 7) is 4.94. The predicted molar refractivity (Wildman–Crippen MR) is 99.3 cm³/mol. The van der Waals surface area contributed by atoms with Crippen LogP contribution in [0.4, 0.5) is 0 Å². The van der Waals surface area contributed by atoms with Crippen LogP contribution in [0.3, 0.4) is 0 Å². The lowest BCUT2D eigenvalue weighted by Gasteiger charge is -2.34. The molecule has 0 heterocycles. The van der Waals surface area contributed by atoms with E-state index in [4.69, 9.17) is 0 Å². The Morgan fingerprint density at radius 2 is 1.92 bits per heavy atom. The van der Waals surface area contributed by atoms with E-state index >= 15 is 0 Å². The van der Waals surface area contributed by atoms with Crippen LogP contribution in [0.2, 0.25) is 0 Å². The van der Waals surface area contributed by atoms with E-state index in [9.17, 15) is 9.59 Å². The van der Waals surface area contributed by atoms with Crippen molar-refractivity contribution in [2.75, 3.05) is 0 Å². The Labute approximate surface area is 152 Å². The van der Waals surface area contributed by atoms with Gasteiger partial charge in [0.05, 0.1) is 0 Å². The maximum absolute atomic E-state index is 12.1. The second kappa shape index (κ2) is 9.21. The van der Waals surface area contributed by atoms with Gasteiger partial charge < -0.3 is 10.6 Å². The summed E-state index contributed by atoms with van der Waals surface area (Å²) >= 11 is 3.41. The van der Waals surface area contributed by atoms with Crippen LogP contribution in [0, 0.1) is 11.8 Å². The minimum Gasteiger partial charge on any atom is -0.353 e. The van der Waals surface area contributed by atoms with Gasteiger partial charge in [0.1, 0.15) is 0 Å². The number of hydrogen-bond acceptors (Lipinski definition) is 2. The van der Waals surface area contributed by atoms with E-state index in [2.05, 4.69) is 40.4 Å². The molecule has 0 unspecified atom stereocenters. The molecule has 1 saturated carbocycles. The van der Waals surface area contributed by atoms with Gasteiger partial charge in [-0.3, -0.25) is 9.59 Å². The third-order valence-corrected chi connectivity index (χ3v) is 5.50. The summed E-state index contributed by atoms with van der Waals surface area (Å²) in [4.78, 5) is 24.0. The molecule has 132 valence electrons. The molecule has 1 fully saturated rings. The van der Waals surface area contributed by atoms with Crippen molar-refractivity contribution >= 4 is 27.7 Å². The highest BCUT2D eigenvalue weighted by Gasteiger charge is 2.28. The van der Waals surface area contributed by atoms with E-state index in [0.717, 1.165) is 16.5 Å². The van der Waals surface area contributed by atoms with E-state index in [0.29, 0.717) is 18.4 Å². The van der Waals surface area contributed by atoms with Crippen molar-refractivity contribution in [3.63, 3.8) is 0 Å². The zero-order valence-corrected chi connectivity index (χ0v) is 16.1. The fourth-order valence-electron chi connectivity index (χ4n) is 3.23. The molecule has 0 aromatic heterocycles. The lowest BCUT2D eigenvalue weighted by atomic mass is 9.78. The minimum absolute atomic E-state index is 0.0152. The maximum Gasteiger partial charge on any atom is 0.220 e. The molecule has 24 heavy (non-hydrogen) atoms. The number of halogens is 1. The van der Waals surface area contributed by atoms with E-state index in [1.54, 1.807) is 0 Å². The molecule has 0 saturated heterocycles. The van der Waals surface area contributed by atoms with Crippen LogP contribution in [0.5, 0.6) is 0 Å². The first-order valence-electron chi connectivity index (χ1n) is 8.76. The van der Waals surface area contributed by atoms with Gasteiger partial charge in [-0.05, 0) is 36.0 Å². The molecule has 0 radical (unpaired) electrons. The number of benzene rings is 1. The van der Waals surface area contributed by atoms with E-state index in [-0.39, 0.29) is 30.7 Å². The molecule has 0 aliphatic heterocycles. The summed E-state index contributed by atoms with van der Waals surface area (Å²) in [5.41, 5.74) is 1.03. The van der Waals surface area contributed by atoms with Crippen molar-refractivity contribution < 1.29 is 9.59 Å². The van der Waals surface area contributed by atoms with Crippen LogP contribution < -0.4 is 10.6 Å². The molecule has 2 rings (SSSR count). The molecule has 0 spiro atoms. The van der Waals surface area contributed by atoms with Crippen LogP contribution in [0.1, 0.15) is 51.5 Å². The Bertz CT molecular complexity index is 576. The summed E-state index contributed by atoms with van der Waals surface area (Å²) in [7, 11) is 0. The number of rotatable bonds is 6. The van der Waals surface area contributed by atoms with Crippen LogP contribution in [-0.4, -0.2) is 17.9 Å². The van der Waals surface area contributed by atoms with Crippen molar-refractivity contribution in [1.82, 2.24) is 10.6 Å². The van der Waals surface area contributed by atoms with Crippen LogP contribution in [0.15, 0.2) is 28.7 Å². The number of carbonyl (C=O) groups is 2. The predicted octanol–water partition coefficient (Wildman–Crippen LogP) is 3.79. The van der Waals surface area contributed by atoms with Crippen molar-refractivity contribution in [3.8, 4) is 0 Å². The second-order valence-corrected chi connectivity index (χ2v) is 7.76. The second-order valence-electron chi connectivity index (χ2n) is 6.85. The SMILES string of the molecule is C[C@H]1[C@H](C)CCC[C@H]1NC(=O)CCC(=O)NCc1cccc(Br)c1. The number of nitrogens with one attached hydrogen (secondary N) is 2. The van der Waals surface area contributed by atoms with E-state index < -0.39 is 0 Å². The number of carbonyl (C=O) groups excluding carboxylic acids is 2. The monoisotopic (exact) mass is 394 g/mol. The summed E-state index contributed by atoms with van der Waals surface area (Å²) in [6.07, 6.45) is 3.94. The molecule has 2 amide bonds. The third kappa shape index (κ3) is 5.93. The van der Waals surface area contributed by atoms with Crippen molar-refractivity contribution in [1.29, 1.82) is 0 Å². The molecule has 4 nitrogen and oxygen atoms in total. The maximum atomic E-state index is 12.1. The first kappa shape index (κ1) is 19.0. The van der Waals surface area contributed by atoms with Gasteiger partial charge in [0, 0.05) is 29.9 Å². The molecule has 2 N–H and O–H groups in total. The molecule has 0 bridgehead atoms. The fourth-order valence-corrected chi connectivity index (χ4v) is 3.67. The van der Waals surface area contributed by atoms with Gasteiger partial charge in [-0.2, -0.15) is 0 Å². The molecule has 1 aromatic carbocycles. The van der Waals surface area contributed by atoms with Gasteiger partial charge >= 0.3 is 0 Å². The molecule has 1 aromatic rings.